The van der Waals surface area contributed by atoms with E-state index < -0.39 is 0 Å². The van der Waals surface area contributed by atoms with Gasteiger partial charge < -0.3 is 16.2 Å². The van der Waals surface area contributed by atoms with Gasteiger partial charge in [0.1, 0.15) is 11.4 Å². The molecule has 0 aliphatic carbocycles. The van der Waals surface area contributed by atoms with Crippen molar-refractivity contribution in [3.63, 3.8) is 0 Å². The molecule has 2 aromatic carbocycles. The zero-order chi connectivity index (χ0) is 16.7. The second-order valence-electron chi connectivity index (χ2n) is 5.32. The number of hydrogen-bond donors (Lipinski definition) is 3. The van der Waals surface area contributed by atoms with Crippen LogP contribution in [0.2, 0.25) is 0 Å². The molecule has 2 rings (SSSR count). The maximum absolute atomic E-state index is 10.4. The van der Waals surface area contributed by atoms with Crippen LogP contribution in [0.4, 0.5) is 11.4 Å². The molecule has 0 heterocycles. The van der Waals surface area contributed by atoms with Gasteiger partial charge in [0.15, 0.2) is 0 Å². The highest BCUT2D eigenvalue weighted by molar-refractivity contribution is 5.76. The highest BCUT2D eigenvalue weighted by atomic mass is 16.3. The second-order valence-corrected chi connectivity index (χ2v) is 5.32. The van der Waals surface area contributed by atoms with Crippen molar-refractivity contribution >= 4 is 23.5 Å². The molecule has 0 aliphatic rings. The molecule has 4 N–H and O–H groups in total. The summed E-state index contributed by atoms with van der Waals surface area (Å²) in [7, 11) is 0. The van der Waals surface area contributed by atoms with Gasteiger partial charge in [-0.15, -0.1) is 4.91 Å². The van der Waals surface area contributed by atoms with Crippen LogP contribution in [0.25, 0.3) is 12.2 Å². The van der Waals surface area contributed by atoms with E-state index in [1.807, 2.05) is 31.2 Å². The molecule has 120 valence electrons. The molecular formula is C18H21N3O2. The molecule has 0 spiro atoms. The van der Waals surface area contributed by atoms with E-state index in [1.54, 1.807) is 24.3 Å². The second kappa shape index (κ2) is 8.10. The van der Waals surface area contributed by atoms with Crippen LogP contribution in [0.5, 0.6) is 5.75 Å². The van der Waals surface area contributed by atoms with Crippen molar-refractivity contribution < 1.29 is 5.11 Å². The number of nitrogens with zero attached hydrogens (tertiary/aromatic N) is 1. The van der Waals surface area contributed by atoms with Crippen LogP contribution in [-0.2, 0) is 0 Å². The molecule has 5 heteroatoms. The number of nitroso groups, excluding NO2 is 1. The molecule has 0 radical (unpaired) electrons. The molecule has 0 saturated heterocycles. The van der Waals surface area contributed by atoms with Crippen LogP contribution in [-0.4, -0.2) is 18.2 Å². The summed E-state index contributed by atoms with van der Waals surface area (Å²) in [4.78, 5) is 10.4. The first kappa shape index (κ1) is 16.7. The van der Waals surface area contributed by atoms with Crippen molar-refractivity contribution in [2.75, 3.05) is 18.4 Å². The van der Waals surface area contributed by atoms with E-state index in [0.29, 0.717) is 12.2 Å². The zero-order valence-corrected chi connectivity index (χ0v) is 13.1. The number of aryl methyl sites for hydroxylation is 1. The molecule has 0 atom stereocenters. The highest BCUT2D eigenvalue weighted by Gasteiger charge is 2.04. The van der Waals surface area contributed by atoms with Gasteiger partial charge in [0.25, 0.3) is 0 Å². The van der Waals surface area contributed by atoms with E-state index in [1.165, 1.54) is 0 Å². The van der Waals surface area contributed by atoms with Gasteiger partial charge in [-0.05, 0) is 60.5 Å². The van der Waals surface area contributed by atoms with Crippen molar-refractivity contribution in [2.24, 2.45) is 10.9 Å². The molecule has 0 aliphatic heterocycles. The Morgan fingerprint density at radius 3 is 2.61 bits per heavy atom. The topological polar surface area (TPSA) is 87.7 Å². The third-order valence-corrected chi connectivity index (χ3v) is 3.49. The van der Waals surface area contributed by atoms with Gasteiger partial charge in [0, 0.05) is 17.8 Å². The Morgan fingerprint density at radius 2 is 1.96 bits per heavy atom. The van der Waals surface area contributed by atoms with Crippen molar-refractivity contribution in [3.05, 3.63) is 58.0 Å². The van der Waals surface area contributed by atoms with Gasteiger partial charge in [0.05, 0.1) is 0 Å². The van der Waals surface area contributed by atoms with Gasteiger partial charge in [-0.1, -0.05) is 24.3 Å². The lowest BCUT2D eigenvalue weighted by molar-refractivity contribution is 0.470. The summed E-state index contributed by atoms with van der Waals surface area (Å²) in [6.45, 7) is 3.30. The van der Waals surface area contributed by atoms with Gasteiger partial charge >= 0.3 is 0 Å². The van der Waals surface area contributed by atoms with Crippen molar-refractivity contribution in [3.8, 4) is 5.75 Å². The van der Waals surface area contributed by atoms with Crippen molar-refractivity contribution in [1.82, 2.24) is 0 Å². The molecule has 2 aromatic rings. The number of phenols is 1. The average molecular weight is 311 g/mol. The molecule has 0 fully saturated rings. The number of nitrogens with one attached hydrogen (secondary N) is 1. The monoisotopic (exact) mass is 311 g/mol. The molecule has 0 saturated carbocycles. The van der Waals surface area contributed by atoms with Crippen molar-refractivity contribution in [1.29, 1.82) is 0 Å². The van der Waals surface area contributed by atoms with Crippen LogP contribution in [0.1, 0.15) is 23.1 Å². The number of anilines is 1. The minimum absolute atomic E-state index is 0.261. The number of benzene rings is 2. The lowest BCUT2D eigenvalue weighted by Gasteiger charge is -2.10. The molecule has 0 aromatic heterocycles. The summed E-state index contributed by atoms with van der Waals surface area (Å²) in [6, 6.07) is 10.7. The van der Waals surface area contributed by atoms with Gasteiger partial charge in [-0.25, -0.2) is 0 Å². The number of nitrogens with two attached hydrogens (primary N) is 1. The Hall–Kier alpha value is -2.66. The molecule has 5 nitrogen and oxygen atoms in total. The summed E-state index contributed by atoms with van der Waals surface area (Å²) in [6.07, 6.45) is 4.62. The van der Waals surface area contributed by atoms with E-state index in [2.05, 4.69) is 10.5 Å². The predicted octanol–water partition coefficient (Wildman–Crippen LogP) is 4.03. The zero-order valence-electron chi connectivity index (χ0n) is 13.1. The Labute approximate surface area is 135 Å². The quantitative estimate of drug-likeness (QED) is 0.312. The number of hydrogen-bond acceptors (Lipinski definition) is 5. The SMILES string of the molecule is Cc1cc(NCCCN)cc(/C=C/c2ccc(N=O)cc2)c1O. The lowest BCUT2D eigenvalue weighted by atomic mass is 10.1. The van der Waals surface area contributed by atoms with Crippen LogP contribution in [0.15, 0.2) is 41.6 Å². The van der Waals surface area contributed by atoms with Crippen LogP contribution < -0.4 is 11.1 Å². The molecule has 0 bridgehead atoms. The number of aromatic hydroxyl groups is 1. The van der Waals surface area contributed by atoms with Gasteiger partial charge in [-0.2, -0.15) is 0 Å². The van der Waals surface area contributed by atoms with E-state index in [9.17, 15) is 10.0 Å². The summed E-state index contributed by atoms with van der Waals surface area (Å²) in [5.41, 5.74) is 9.31. The van der Waals surface area contributed by atoms with E-state index >= 15 is 0 Å². The third-order valence-electron chi connectivity index (χ3n) is 3.49. The van der Waals surface area contributed by atoms with E-state index in [4.69, 9.17) is 5.73 Å². The van der Waals surface area contributed by atoms with Crippen LogP contribution >= 0.6 is 0 Å². The maximum Gasteiger partial charge on any atom is 0.125 e. The minimum Gasteiger partial charge on any atom is -0.507 e. The molecule has 23 heavy (non-hydrogen) atoms. The first-order valence-corrected chi connectivity index (χ1v) is 7.53. The molecule has 0 amide bonds. The fraction of sp³-hybridized carbons (Fsp3) is 0.222. The Morgan fingerprint density at radius 1 is 1.22 bits per heavy atom. The summed E-state index contributed by atoms with van der Waals surface area (Å²) in [5, 5.41) is 16.4. The fourth-order valence-electron chi connectivity index (χ4n) is 2.20. The van der Waals surface area contributed by atoms with E-state index in [-0.39, 0.29) is 5.75 Å². The lowest BCUT2D eigenvalue weighted by Crippen LogP contribution is -2.08. The standard InChI is InChI=1S/C18H21N3O2/c1-13-11-17(20-10-2-9-19)12-15(18(13)22)6-3-14-4-7-16(21-23)8-5-14/h3-8,11-12,20,22H,2,9-10,19H2,1H3/b6-3+. The Balaban J connectivity index is 2.19. The molecule has 0 unspecified atom stereocenters. The Bertz CT molecular complexity index is 694. The van der Waals surface area contributed by atoms with Crippen LogP contribution in [0.3, 0.4) is 0 Å². The third kappa shape index (κ3) is 4.66. The number of rotatable bonds is 7. The predicted molar refractivity (Wildman–Crippen MR) is 95.8 cm³/mol. The van der Waals surface area contributed by atoms with Crippen LogP contribution in [0, 0.1) is 11.8 Å². The first-order valence-electron chi connectivity index (χ1n) is 7.53. The van der Waals surface area contributed by atoms with E-state index in [0.717, 1.165) is 35.3 Å². The fourth-order valence-corrected chi connectivity index (χ4v) is 2.20. The van der Waals surface area contributed by atoms with Gasteiger partial charge in [-0.3, -0.25) is 0 Å². The maximum atomic E-state index is 10.4. The largest absolute Gasteiger partial charge is 0.507 e. The highest BCUT2D eigenvalue weighted by Crippen LogP contribution is 2.28. The smallest absolute Gasteiger partial charge is 0.125 e. The molecular weight excluding hydrogens is 290 g/mol. The summed E-state index contributed by atoms with van der Waals surface area (Å²) in [5.74, 6) is 0.261. The van der Waals surface area contributed by atoms with Gasteiger partial charge in [0.2, 0.25) is 0 Å². The van der Waals surface area contributed by atoms with Crippen molar-refractivity contribution in [2.45, 2.75) is 13.3 Å². The Kier molecular flexibility index (Phi) is 5.88. The first-order chi connectivity index (χ1) is 11.1. The minimum atomic E-state index is 0.261. The summed E-state index contributed by atoms with van der Waals surface area (Å²) >= 11 is 0. The normalized spacial score (nSPS) is 10.9. The number of phenolic OH excluding ortho intramolecular Hbond substituents is 1. The summed E-state index contributed by atoms with van der Waals surface area (Å²) < 4.78 is 0. The average Bonchev–Trinajstić information content (AvgIpc) is 2.57.